The number of rotatable bonds is 2. The predicted molar refractivity (Wildman–Crippen MR) is 71.2 cm³/mol. The van der Waals surface area contributed by atoms with Gasteiger partial charge in [-0.2, -0.15) is 0 Å². The average Bonchev–Trinajstić information content (AvgIpc) is 2.74. The Kier molecular flexibility index (Phi) is 2.85. The van der Waals surface area contributed by atoms with Crippen LogP contribution in [0.25, 0.3) is 9.91 Å². The van der Waals surface area contributed by atoms with Crippen molar-refractivity contribution in [2.45, 2.75) is 0 Å². The third kappa shape index (κ3) is 2.34. The molecule has 0 fully saturated rings. The molecule has 0 aliphatic rings. The van der Waals surface area contributed by atoms with E-state index in [4.69, 9.17) is 11.6 Å². The molecule has 3 nitrogen and oxygen atoms in total. The van der Waals surface area contributed by atoms with E-state index in [9.17, 15) is 0 Å². The molecule has 3 rings (SSSR count). The molecule has 0 saturated carbocycles. The molecule has 0 radical (unpaired) electrons. The van der Waals surface area contributed by atoms with Gasteiger partial charge < -0.3 is 0 Å². The molecule has 1 aromatic carbocycles. The van der Waals surface area contributed by atoms with Gasteiger partial charge in [-0.1, -0.05) is 0 Å². The van der Waals surface area contributed by atoms with Crippen molar-refractivity contribution in [3.05, 3.63) is 47.6 Å². The Bertz CT molecular complexity index is 615. The third-order valence-electron chi connectivity index (χ3n) is 2.26. The molecule has 0 aliphatic carbocycles. The summed E-state index contributed by atoms with van der Waals surface area (Å²) < 4.78 is 2.06. The van der Waals surface area contributed by atoms with Crippen LogP contribution in [0.4, 0.5) is 10.4 Å². The van der Waals surface area contributed by atoms with Gasteiger partial charge >= 0.3 is 109 Å². The van der Waals surface area contributed by atoms with E-state index in [0.717, 1.165) is 25.3 Å². The average molecular weight is 309 g/mol. The summed E-state index contributed by atoms with van der Waals surface area (Å²) in [5, 5.41) is 4.03. The summed E-state index contributed by atoms with van der Waals surface area (Å²) in [7, 11) is 0. The van der Waals surface area contributed by atoms with E-state index in [0.29, 0.717) is 0 Å². The van der Waals surface area contributed by atoms with Crippen molar-refractivity contribution in [2.24, 2.45) is 0 Å². The van der Waals surface area contributed by atoms with Gasteiger partial charge in [0, 0.05) is 0 Å². The number of hydrogen-bond donors (Lipinski definition) is 1. The van der Waals surface area contributed by atoms with Crippen LogP contribution in [0, 0.1) is 0 Å². The van der Waals surface area contributed by atoms with Crippen LogP contribution in [0.5, 0.6) is 0 Å². The molecule has 5 heteroatoms. The topological polar surface area (TPSA) is 37.8 Å². The van der Waals surface area contributed by atoms with Crippen molar-refractivity contribution in [1.29, 1.82) is 0 Å². The van der Waals surface area contributed by atoms with E-state index in [1.54, 1.807) is 6.20 Å². The number of fused-ring (bicyclic) bond motifs is 1. The van der Waals surface area contributed by atoms with Gasteiger partial charge in [0.1, 0.15) is 0 Å². The summed E-state index contributed by atoms with van der Waals surface area (Å²) in [6.07, 6.45) is 1.81. The van der Waals surface area contributed by atoms with Gasteiger partial charge in [-0.25, -0.2) is 0 Å². The Labute approximate surface area is 109 Å². The maximum absolute atomic E-state index is 5.84. The molecule has 0 amide bonds. The second-order valence-corrected chi connectivity index (χ2v) is 5.97. The van der Waals surface area contributed by atoms with E-state index >= 15 is 0 Å². The van der Waals surface area contributed by atoms with Crippen LogP contribution in [-0.2, 0) is 0 Å². The van der Waals surface area contributed by atoms with E-state index < -0.39 is 0 Å². The Balaban J connectivity index is 1.92. The zero-order chi connectivity index (χ0) is 11.7. The molecule has 2 heterocycles. The summed E-state index contributed by atoms with van der Waals surface area (Å²) in [6, 6.07) is 11.5. The minimum absolute atomic E-state index is 0.163. The number of anilines is 2. The van der Waals surface area contributed by atoms with Gasteiger partial charge in [-0.3, -0.25) is 0 Å². The van der Waals surface area contributed by atoms with E-state index in [1.807, 2.05) is 36.4 Å². The summed E-state index contributed by atoms with van der Waals surface area (Å²) in [4.78, 5) is 8.82. The van der Waals surface area contributed by atoms with Crippen molar-refractivity contribution < 1.29 is 0 Å². The molecule has 2 aromatic heterocycles. The van der Waals surface area contributed by atoms with Gasteiger partial charge in [0.25, 0.3) is 0 Å². The van der Waals surface area contributed by atoms with Crippen LogP contribution in [0.2, 0.25) is 5.02 Å². The number of nitrogens with zero attached hydrogens (tertiary/aromatic N) is 2. The molecule has 84 valence electrons. The third-order valence-corrected chi connectivity index (χ3v) is 4.39. The quantitative estimate of drug-likeness (QED) is 0.739. The number of nitrogens with one attached hydrogen (secondary N) is 1. The van der Waals surface area contributed by atoms with Gasteiger partial charge in [-0.15, -0.1) is 0 Å². The Morgan fingerprint density at radius 3 is 2.71 bits per heavy atom. The molecule has 0 bridgehead atoms. The van der Waals surface area contributed by atoms with Crippen molar-refractivity contribution in [1.82, 2.24) is 9.97 Å². The first-order valence-electron chi connectivity index (χ1n) is 5.05. The number of aromatic nitrogens is 2. The van der Waals surface area contributed by atoms with E-state index in [1.165, 1.54) is 0 Å². The van der Waals surface area contributed by atoms with Crippen LogP contribution in [-0.4, -0.2) is 24.5 Å². The zero-order valence-electron chi connectivity index (χ0n) is 8.72. The fourth-order valence-electron chi connectivity index (χ4n) is 1.48. The van der Waals surface area contributed by atoms with E-state index in [2.05, 4.69) is 15.3 Å². The van der Waals surface area contributed by atoms with Gasteiger partial charge in [0.2, 0.25) is 0 Å². The van der Waals surface area contributed by atoms with Crippen LogP contribution in [0.3, 0.4) is 0 Å². The summed E-state index contributed by atoms with van der Waals surface area (Å²) in [5.41, 5.74) is 1.98. The second-order valence-electron chi connectivity index (χ2n) is 3.48. The van der Waals surface area contributed by atoms with Gasteiger partial charge in [0.15, 0.2) is 0 Å². The molecule has 0 spiro atoms. The van der Waals surface area contributed by atoms with E-state index in [-0.39, 0.29) is 14.5 Å². The van der Waals surface area contributed by atoms with Crippen LogP contribution >= 0.6 is 11.6 Å². The Morgan fingerprint density at radius 1 is 1.12 bits per heavy atom. The molecule has 0 unspecified atom stereocenters. The second kappa shape index (κ2) is 4.49. The maximum atomic E-state index is 5.84. The van der Waals surface area contributed by atoms with Gasteiger partial charge in [0.05, 0.1) is 0 Å². The summed E-state index contributed by atoms with van der Waals surface area (Å²) in [5.74, 6) is 0. The normalized spacial score (nSPS) is 10.6. The summed E-state index contributed by atoms with van der Waals surface area (Å²) in [6.45, 7) is 0. The van der Waals surface area contributed by atoms with Crippen LogP contribution < -0.4 is 5.32 Å². The molecule has 0 atom stereocenters. The molecule has 0 saturated heterocycles. The monoisotopic (exact) mass is 309 g/mol. The number of pyridine rings is 1. The molecular formula is C12H8ClN3Se. The fraction of sp³-hybridized carbons (Fsp3) is 0. The minimum atomic E-state index is 0.163. The Hall–Kier alpha value is -1.35. The van der Waals surface area contributed by atoms with Crippen LogP contribution in [0.1, 0.15) is 0 Å². The molecule has 0 aliphatic heterocycles. The number of hydrogen-bond acceptors (Lipinski definition) is 3. The van der Waals surface area contributed by atoms with Crippen molar-refractivity contribution in [3.8, 4) is 0 Å². The molecule has 1 N–H and O–H groups in total. The first kappa shape index (κ1) is 10.8. The zero-order valence-corrected chi connectivity index (χ0v) is 11.2. The SMILES string of the molecule is Clc1ccc(Nc2nc3cccnc3[se]2)cc1. The molecular weight excluding hydrogens is 301 g/mol. The van der Waals surface area contributed by atoms with Crippen molar-refractivity contribution >= 4 is 46.4 Å². The van der Waals surface area contributed by atoms with Crippen molar-refractivity contribution in [3.63, 3.8) is 0 Å². The van der Waals surface area contributed by atoms with Crippen LogP contribution in [0.15, 0.2) is 42.6 Å². The first-order chi connectivity index (χ1) is 8.31. The fourth-order valence-corrected chi connectivity index (χ4v) is 3.34. The number of halogens is 1. The number of benzene rings is 1. The predicted octanol–water partition coefficient (Wildman–Crippen LogP) is 3.08. The van der Waals surface area contributed by atoms with Crippen molar-refractivity contribution in [2.75, 3.05) is 5.32 Å². The summed E-state index contributed by atoms with van der Waals surface area (Å²) >= 11 is 6.00. The standard InChI is InChI=1S/C12H8ClN3Se/c13-8-3-5-9(6-4-8)15-12-16-10-2-1-7-14-11(10)17-12/h1-7H,(H,15,16). The molecule has 17 heavy (non-hydrogen) atoms. The Morgan fingerprint density at radius 2 is 1.94 bits per heavy atom. The molecule has 3 aromatic rings. The first-order valence-corrected chi connectivity index (χ1v) is 7.14. The van der Waals surface area contributed by atoms with Gasteiger partial charge in [-0.05, 0) is 0 Å².